The van der Waals surface area contributed by atoms with E-state index in [1.54, 1.807) is 23.2 Å². The van der Waals surface area contributed by atoms with Crippen molar-refractivity contribution in [3.8, 4) is 5.69 Å². The Morgan fingerprint density at radius 2 is 2.00 bits per heavy atom. The zero-order chi connectivity index (χ0) is 25.0. The van der Waals surface area contributed by atoms with Gasteiger partial charge < -0.3 is 14.9 Å². The average molecular weight is 493 g/mol. The van der Waals surface area contributed by atoms with Gasteiger partial charge in [0.15, 0.2) is 5.69 Å². The number of hydrogen-bond acceptors (Lipinski definition) is 7. The lowest BCUT2D eigenvalue weighted by molar-refractivity contribution is -0.136. The average Bonchev–Trinajstić information content (AvgIpc) is 3.48. The van der Waals surface area contributed by atoms with Gasteiger partial charge in [0, 0.05) is 37.5 Å². The number of carbonyl (C=O) groups excluding carboxylic acids is 4. The van der Waals surface area contributed by atoms with Gasteiger partial charge in [-0.25, -0.2) is 4.68 Å². The molecule has 36 heavy (non-hydrogen) atoms. The summed E-state index contributed by atoms with van der Waals surface area (Å²) in [5.41, 5.74) is 1.48. The molecule has 3 atom stereocenters. The molecule has 11 heteroatoms. The minimum absolute atomic E-state index is 0.0977. The van der Waals surface area contributed by atoms with Crippen molar-refractivity contribution >= 4 is 23.6 Å². The van der Waals surface area contributed by atoms with Gasteiger partial charge >= 0.3 is 0 Å². The van der Waals surface area contributed by atoms with E-state index in [4.69, 9.17) is 0 Å². The van der Waals surface area contributed by atoms with E-state index >= 15 is 0 Å². The van der Waals surface area contributed by atoms with E-state index in [-0.39, 0.29) is 42.3 Å². The summed E-state index contributed by atoms with van der Waals surface area (Å²) in [6.07, 6.45) is 6.52. The Morgan fingerprint density at radius 3 is 2.83 bits per heavy atom. The van der Waals surface area contributed by atoms with E-state index in [1.165, 1.54) is 9.58 Å². The lowest BCUT2D eigenvalue weighted by Crippen LogP contribution is -2.54. The fraction of sp³-hybridized carbons (Fsp3) is 0.520. The Labute approximate surface area is 207 Å². The third-order valence-electron chi connectivity index (χ3n) is 8.20. The summed E-state index contributed by atoms with van der Waals surface area (Å²) >= 11 is 0. The number of nitrogens with one attached hydrogen (secondary N) is 1. The van der Waals surface area contributed by atoms with Gasteiger partial charge in [-0.05, 0) is 49.4 Å². The second-order valence-corrected chi connectivity index (χ2v) is 10.3. The van der Waals surface area contributed by atoms with Gasteiger partial charge in [-0.2, -0.15) is 0 Å². The van der Waals surface area contributed by atoms with Gasteiger partial charge in [0.05, 0.1) is 17.5 Å². The second kappa shape index (κ2) is 8.51. The van der Waals surface area contributed by atoms with Crippen molar-refractivity contribution in [2.24, 2.45) is 5.92 Å². The zero-order valence-electron chi connectivity index (χ0n) is 19.9. The number of benzene rings is 1. The van der Waals surface area contributed by atoms with Crippen LogP contribution in [0.15, 0.2) is 24.4 Å². The first-order chi connectivity index (χ1) is 17.3. The molecule has 3 fully saturated rings. The van der Waals surface area contributed by atoms with Crippen LogP contribution in [0.4, 0.5) is 0 Å². The molecule has 2 N–H and O–H groups in total. The molecule has 4 heterocycles. The first-order valence-electron chi connectivity index (χ1n) is 12.5. The SMILES string of the molecule is O=C1CCC(N2Cc3cc(-n4cc(C(=O)N5CC[C@@]6(O)CCCC[C@H]6C5)nn4)ccc3C2=O)C(=O)N1. The summed E-state index contributed by atoms with van der Waals surface area (Å²) in [6.45, 7) is 1.28. The minimum Gasteiger partial charge on any atom is -0.389 e. The molecule has 11 nitrogen and oxygen atoms in total. The van der Waals surface area contributed by atoms with E-state index in [9.17, 15) is 24.3 Å². The number of likely N-dealkylation sites (tertiary alicyclic amines) is 1. The predicted molar refractivity (Wildman–Crippen MR) is 125 cm³/mol. The number of imide groups is 1. The van der Waals surface area contributed by atoms with Gasteiger partial charge in [-0.1, -0.05) is 18.1 Å². The highest BCUT2D eigenvalue weighted by Gasteiger charge is 2.44. The van der Waals surface area contributed by atoms with Crippen molar-refractivity contribution in [2.75, 3.05) is 13.1 Å². The van der Waals surface area contributed by atoms with E-state index < -0.39 is 17.6 Å². The first kappa shape index (κ1) is 22.8. The third-order valence-corrected chi connectivity index (χ3v) is 8.20. The molecule has 2 aromatic rings. The molecular formula is C25H28N6O5. The van der Waals surface area contributed by atoms with Crippen LogP contribution in [-0.4, -0.2) is 78.3 Å². The first-order valence-corrected chi connectivity index (χ1v) is 12.5. The van der Waals surface area contributed by atoms with Gasteiger partial charge in [-0.3, -0.25) is 24.5 Å². The number of amides is 4. The van der Waals surface area contributed by atoms with E-state index in [0.717, 1.165) is 31.2 Å². The smallest absolute Gasteiger partial charge is 0.276 e. The molecule has 4 amide bonds. The molecule has 1 aromatic heterocycles. The van der Waals surface area contributed by atoms with Crippen LogP contribution < -0.4 is 5.32 Å². The molecular weight excluding hydrogens is 464 g/mol. The Morgan fingerprint density at radius 1 is 1.14 bits per heavy atom. The van der Waals surface area contributed by atoms with Crippen LogP contribution in [0, 0.1) is 5.92 Å². The standard InChI is InChI=1S/C25H28N6O5/c32-21-7-6-20(22(33)26-21)30-12-15-11-17(4-5-18(15)23(30)34)31-14-19(27-28-31)24(35)29-10-9-25(36)8-2-1-3-16(25)13-29/h4-5,11,14,16,20,36H,1-3,6-10,12-13H2,(H,26,32,33)/t16-,20?,25-/m0/s1. The molecule has 0 radical (unpaired) electrons. The Kier molecular flexibility index (Phi) is 5.40. The quantitative estimate of drug-likeness (QED) is 0.605. The normalized spacial score (nSPS) is 28.1. The minimum atomic E-state index is -0.673. The van der Waals surface area contributed by atoms with Crippen molar-refractivity contribution in [2.45, 2.75) is 63.1 Å². The largest absolute Gasteiger partial charge is 0.389 e. The summed E-state index contributed by atoms with van der Waals surface area (Å²) in [5, 5.41) is 21.4. The van der Waals surface area contributed by atoms with Gasteiger partial charge in [-0.15, -0.1) is 5.10 Å². The number of fused-ring (bicyclic) bond motifs is 2. The van der Waals surface area contributed by atoms with Crippen LogP contribution in [0.5, 0.6) is 0 Å². The molecule has 6 rings (SSSR count). The zero-order valence-corrected chi connectivity index (χ0v) is 19.9. The summed E-state index contributed by atoms with van der Waals surface area (Å²) in [4.78, 5) is 53.1. The predicted octanol–water partition coefficient (Wildman–Crippen LogP) is 0.796. The number of rotatable bonds is 3. The molecule has 4 aliphatic rings. The van der Waals surface area contributed by atoms with Crippen molar-refractivity contribution in [1.82, 2.24) is 30.1 Å². The van der Waals surface area contributed by atoms with E-state index in [0.29, 0.717) is 37.2 Å². The van der Waals surface area contributed by atoms with Crippen LogP contribution in [0.25, 0.3) is 5.69 Å². The van der Waals surface area contributed by atoms with Crippen LogP contribution in [0.2, 0.25) is 0 Å². The summed E-state index contributed by atoms with van der Waals surface area (Å²) in [7, 11) is 0. The Hall–Kier alpha value is -3.60. The highest BCUT2D eigenvalue weighted by molar-refractivity contribution is 6.05. The van der Waals surface area contributed by atoms with Crippen molar-refractivity contribution in [3.05, 3.63) is 41.2 Å². The summed E-state index contributed by atoms with van der Waals surface area (Å²) in [5.74, 6) is -1.11. The number of carbonyl (C=O) groups is 4. The van der Waals surface area contributed by atoms with Crippen LogP contribution in [0.3, 0.4) is 0 Å². The second-order valence-electron chi connectivity index (χ2n) is 10.3. The monoisotopic (exact) mass is 492 g/mol. The Balaban J connectivity index is 1.17. The number of aliphatic hydroxyl groups is 1. The molecule has 1 saturated carbocycles. The van der Waals surface area contributed by atoms with Crippen molar-refractivity contribution < 1.29 is 24.3 Å². The van der Waals surface area contributed by atoms with Crippen molar-refractivity contribution in [3.63, 3.8) is 0 Å². The van der Waals surface area contributed by atoms with Gasteiger partial charge in [0.1, 0.15) is 6.04 Å². The molecule has 0 spiro atoms. The fourth-order valence-electron chi connectivity index (χ4n) is 6.11. The van der Waals surface area contributed by atoms with Crippen LogP contribution in [0.1, 0.15) is 71.4 Å². The lowest BCUT2D eigenvalue weighted by Gasteiger charge is -2.47. The Bertz CT molecular complexity index is 1270. The summed E-state index contributed by atoms with van der Waals surface area (Å²) < 4.78 is 1.51. The number of nitrogens with zero attached hydrogens (tertiary/aromatic N) is 5. The maximum absolute atomic E-state index is 13.1. The number of aromatic nitrogens is 3. The molecule has 1 aliphatic carbocycles. The third kappa shape index (κ3) is 3.78. The van der Waals surface area contributed by atoms with Crippen molar-refractivity contribution in [1.29, 1.82) is 0 Å². The lowest BCUT2D eigenvalue weighted by atomic mass is 9.71. The fourth-order valence-corrected chi connectivity index (χ4v) is 6.11. The number of piperidine rings is 2. The highest BCUT2D eigenvalue weighted by atomic mass is 16.3. The molecule has 2 saturated heterocycles. The van der Waals surface area contributed by atoms with E-state index in [1.807, 2.05) is 6.07 Å². The van der Waals surface area contributed by atoms with Crippen LogP contribution >= 0.6 is 0 Å². The van der Waals surface area contributed by atoms with E-state index in [2.05, 4.69) is 15.6 Å². The highest BCUT2D eigenvalue weighted by Crippen LogP contribution is 2.40. The maximum atomic E-state index is 13.1. The molecule has 0 bridgehead atoms. The van der Waals surface area contributed by atoms with Crippen LogP contribution in [-0.2, 0) is 16.1 Å². The molecule has 1 aromatic carbocycles. The topological polar surface area (TPSA) is 138 Å². The van der Waals surface area contributed by atoms with Gasteiger partial charge in [0.25, 0.3) is 11.8 Å². The molecule has 1 unspecified atom stereocenters. The maximum Gasteiger partial charge on any atom is 0.276 e. The summed E-state index contributed by atoms with van der Waals surface area (Å²) in [6, 6.07) is 4.56. The number of hydrogen-bond donors (Lipinski definition) is 2. The molecule has 3 aliphatic heterocycles. The van der Waals surface area contributed by atoms with Gasteiger partial charge in [0.2, 0.25) is 11.8 Å². The molecule has 188 valence electrons.